The molecule has 2 atom stereocenters. The van der Waals surface area contributed by atoms with Crippen LogP contribution in [0.1, 0.15) is 56.2 Å². The van der Waals surface area contributed by atoms with E-state index in [4.69, 9.17) is 11.6 Å². The van der Waals surface area contributed by atoms with E-state index in [1.165, 1.54) is 12.0 Å². The zero-order valence-corrected chi connectivity index (χ0v) is 23.5. The average Bonchev–Trinajstić information content (AvgIpc) is 3.15. The number of halogens is 2. The molecule has 198 valence electrons. The molecule has 1 aromatic carbocycles. The lowest BCUT2D eigenvalue weighted by atomic mass is 9.46. The highest BCUT2D eigenvalue weighted by Gasteiger charge is 2.61. The van der Waals surface area contributed by atoms with Crippen molar-refractivity contribution in [2.24, 2.45) is 17.3 Å². The number of aromatic nitrogens is 2. The Morgan fingerprint density at radius 3 is 2.46 bits per heavy atom. The number of amides is 1. The van der Waals surface area contributed by atoms with Gasteiger partial charge in [-0.15, -0.1) is 0 Å². The topological polar surface area (TPSA) is 84.5 Å². The van der Waals surface area contributed by atoms with Crippen LogP contribution in [0.5, 0.6) is 0 Å². The SMILES string of the molecule is Cc1c(Cl)c([N+](=O)[O-])nn1C12CC3CC(CC(CC(=O)N4CCN(Cc5ccccc5Br)CC4)(C3)C1)C2. The number of benzene rings is 1. The largest absolute Gasteiger partial charge is 0.408 e. The summed E-state index contributed by atoms with van der Waals surface area (Å²) in [5.74, 6) is 1.09. The molecule has 4 bridgehead atoms. The van der Waals surface area contributed by atoms with Gasteiger partial charge in [0.15, 0.2) is 5.02 Å². The van der Waals surface area contributed by atoms with E-state index in [1.807, 2.05) is 17.7 Å². The number of piperazine rings is 1. The third-order valence-electron chi connectivity index (χ3n) is 9.40. The maximum atomic E-state index is 13.6. The minimum absolute atomic E-state index is 0.0488. The third kappa shape index (κ3) is 4.51. The minimum Gasteiger partial charge on any atom is -0.358 e. The van der Waals surface area contributed by atoms with Crippen LogP contribution in [-0.4, -0.2) is 56.6 Å². The predicted octanol–water partition coefficient (Wildman–Crippen LogP) is 5.55. The first kappa shape index (κ1) is 25.3. The van der Waals surface area contributed by atoms with Crippen LogP contribution >= 0.6 is 27.5 Å². The summed E-state index contributed by atoms with van der Waals surface area (Å²) in [6.07, 6.45) is 6.73. The third-order valence-corrected chi connectivity index (χ3v) is 10.6. The Morgan fingerprint density at radius 2 is 1.84 bits per heavy atom. The highest BCUT2D eigenvalue weighted by atomic mass is 79.9. The molecule has 4 saturated carbocycles. The van der Waals surface area contributed by atoms with Crippen LogP contribution in [-0.2, 0) is 16.9 Å². The van der Waals surface area contributed by atoms with E-state index in [0.29, 0.717) is 24.0 Å². The molecule has 2 heterocycles. The zero-order valence-electron chi connectivity index (χ0n) is 21.2. The Bertz CT molecular complexity index is 1230. The maximum absolute atomic E-state index is 13.6. The summed E-state index contributed by atoms with van der Waals surface area (Å²) in [5.41, 5.74) is 1.63. The van der Waals surface area contributed by atoms with Crippen LogP contribution in [0.4, 0.5) is 5.82 Å². The standard InChI is InChI=1S/C27H33BrClN5O3/c1-18-24(29)25(34(36)37)30-33(18)27-13-19-10-20(14-27)12-26(11-19,17-27)15-23(35)32-8-6-31(7-9-32)16-21-4-2-3-5-22(21)28/h2-5,19-20H,6-17H2,1H3. The van der Waals surface area contributed by atoms with Gasteiger partial charge in [0.2, 0.25) is 5.91 Å². The van der Waals surface area contributed by atoms with Crippen LogP contribution in [0, 0.1) is 34.3 Å². The molecule has 1 saturated heterocycles. The molecule has 1 amide bonds. The number of carbonyl (C=O) groups is 1. The van der Waals surface area contributed by atoms with E-state index in [1.54, 1.807) is 0 Å². The highest BCUT2D eigenvalue weighted by Crippen LogP contribution is 2.65. The van der Waals surface area contributed by atoms with Gasteiger partial charge in [0.05, 0.1) is 16.3 Å². The Hall–Kier alpha value is -1.97. The van der Waals surface area contributed by atoms with Crippen LogP contribution in [0.3, 0.4) is 0 Å². The summed E-state index contributed by atoms with van der Waals surface area (Å²) in [6.45, 7) is 6.01. The molecule has 1 aromatic heterocycles. The molecule has 0 N–H and O–H groups in total. The van der Waals surface area contributed by atoms with Crippen molar-refractivity contribution in [3.63, 3.8) is 0 Å². The lowest BCUT2D eigenvalue weighted by Gasteiger charge is -2.61. The molecule has 5 aliphatic rings. The van der Waals surface area contributed by atoms with Crippen molar-refractivity contribution in [3.8, 4) is 0 Å². The Kier molecular flexibility index (Phi) is 6.39. The van der Waals surface area contributed by atoms with E-state index in [9.17, 15) is 14.9 Å². The van der Waals surface area contributed by atoms with Gasteiger partial charge in [-0.05, 0) is 79.3 Å². The average molecular weight is 591 g/mol. The van der Waals surface area contributed by atoms with Crippen molar-refractivity contribution >= 4 is 39.3 Å². The molecule has 5 fully saturated rings. The molecule has 2 aromatic rings. The van der Waals surface area contributed by atoms with Gasteiger partial charge in [-0.3, -0.25) is 9.69 Å². The van der Waals surface area contributed by atoms with Gasteiger partial charge >= 0.3 is 5.82 Å². The summed E-state index contributed by atoms with van der Waals surface area (Å²) in [6, 6.07) is 8.31. The monoisotopic (exact) mass is 589 g/mol. The molecule has 0 radical (unpaired) electrons. The Balaban J connectivity index is 1.15. The molecule has 2 unspecified atom stereocenters. The zero-order chi connectivity index (χ0) is 25.9. The van der Waals surface area contributed by atoms with E-state index in [-0.39, 0.29) is 27.7 Å². The van der Waals surface area contributed by atoms with Gasteiger partial charge in [-0.2, -0.15) is 4.68 Å². The minimum atomic E-state index is -0.484. The van der Waals surface area contributed by atoms with Crippen LogP contribution in [0.2, 0.25) is 5.02 Å². The number of hydrogen-bond acceptors (Lipinski definition) is 5. The molecule has 1 aliphatic heterocycles. The summed E-state index contributed by atoms with van der Waals surface area (Å²) < 4.78 is 3.01. The first-order valence-electron chi connectivity index (χ1n) is 13.3. The molecular weight excluding hydrogens is 558 g/mol. The van der Waals surface area contributed by atoms with Gasteiger partial charge in [-0.25, -0.2) is 0 Å². The van der Waals surface area contributed by atoms with Crippen LogP contribution < -0.4 is 0 Å². The van der Waals surface area contributed by atoms with E-state index in [2.05, 4.69) is 49.0 Å². The van der Waals surface area contributed by atoms with Crippen LogP contribution in [0.25, 0.3) is 0 Å². The highest BCUT2D eigenvalue weighted by molar-refractivity contribution is 9.10. The summed E-state index contributed by atoms with van der Waals surface area (Å²) in [4.78, 5) is 29.1. The quantitative estimate of drug-likeness (QED) is 0.326. The molecule has 7 rings (SSSR count). The molecule has 0 spiro atoms. The van der Waals surface area contributed by atoms with Crippen LogP contribution in [0.15, 0.2) is 28.7 Å². The van der Waals surface area contributed by atoms with Crippen molar-refractivity contribution in [3.05, 3.63) is 55.1 Å². The summed E-state index contributed by atoms with van der Waals surface area (Å²) in [5, 5.41) is 16.1. The van der Waals surface area contributed by atoms with Gasteiger partial charge in [0.1, 0.15) is 0 Å². The second-order valence-electron chi connectivity index (χ2n) is 12.0. The molecule has 37 heavy (non-hydrogen) atoms. The van der Waals surface area contributed by atoms with Gasteiger partial charge < -0.3 is 15.0 Å². The van der Waals surface area contributed by atoms with Crippen molar-refractivity contribution in [2.45, 2.75) is 64.0 Å². The maximum Gasteiger partial charge on any atom is 0.408 e. The molecule has 4 aliphatic carbocycles. The van der Waals surface area contributed by atoms with Crippen molar-refractivity contribution < 1.29 is 9.72 Å². The number of hydrogen-bond donors (Lipinski definition) is 0. The van der Waals surface area contributed by atoms with Crippen molar-refractivity contribution in [1.82, 2.24) is 19.6 Å². The van der Waals surface area contributed by atoms with Crippen molar-refractivity contribution in [1.29, 1.82) is 0 Å². The first-order chi connectivity index (χ1) is 17.7. The lowest BCUT2D eigenvalue weighted by Crippen LogP contribution is -2.58. The number of carbonyl (C=O) groups excluding carboxylic acids is 1. The predicted molar refractivity (Wildman–Crippen MR) is 144 cm³/mol. The number of nitrogens with zero attached hydrogens (tertiary/aromatic N) is 5. The van der Waals surface area contributed by atoms with Gasteiger partial charge in [0.25, 0.3) is 0 Å². The molecular formula is C27H33BrClN5O3. The fraction of sp³-hybridized carbons (Fsp3) is 0.630. The number of rotatable bonds is 6. The fourth-order valence-electron chi connectivity index (χ4n) is 8.36. The van der Waals surface area contributed by atoms with E-state index >= 15 is 0 Å². The lowest BCUT2D eigenvalue weighted by molar-refractivity contribution is -0.389. The Morgan fingerprint density at radius 1 is 1.16 bits per heavy atom. The molecule has 10 heteroatoms. The van der Waals surface area contributed by atoms with Gasteiger partial charge in [0, 0.05) is 43.6 Å². The smallest absolute Gasteiger partial charge is 0.358 e. The summed E-state index contributed by atoms with van der Waals surface area (Å²) in [7, 11) is 0. The fourth-order valence-corrected chi connectivity index (χ4v) is 8.96. The summed E-state index contributed by atoms with van der Waals surface area (Å²) >= 11 is 9.99. The number of nitro groups is 1. The van der Waals surface area contributed by atoms with E-state index in [0.717, 1.165) is 69.3 Å². The van der Waals surface area contributed by atoms with Gasteiger partial charge in [-0.1, -0.05) is 45.7 Å². The first-order valence-corrected chi connectivity index (χ1v) is 14.5. The van der Waals surface area contributed by atoms with Crippen molar-refractivity contribution in [2.75, 3.05) is 26.2 Å². The second kappa shape index (κ2) is 9.35. The normalized spacial score (nSPS) is 31.2. The Labute approximate surface area is 230 Å². The second-order valence-corrected chi connectivity index (χ2v) is 13.2. The van der Waals surface area contributed by atoms with E-state index < -0.39 is 4.92 Å². The molecule has 8 nitrogen and oxygen atoms in total.